The van der Waals surface area contributed by atoms with Crippen LogP contribution in [0.25, 0.3) is 0 Å². The summed E-state index contributed by atoms with van der Waals surface area (Å²) in [5.74, 6) is 2.21. The fourth-order valence-corrected chi connectivity index (χ4v) is 6.17. The maximum absolute atomic E-state index is 13.8. The number of hydrogen-bond donors (Lipinski definition) is 0. The first-order chi connectivity index (χ1) is 19.2. The van der Waals surface area contributed by atoms with Crippen LogP contribution in [-0.2, 0) is 32.5 Å². The van der Waals surface area contributed by atoms with Gasteiger partial charge in [-0.3, -0.25) is 4.79 Å². The van der Waals surface area contributed by atoms with Crippen molar-refractivity contribution < 1.29 is 31.8 Å². The highest BCUT2D eigenvalue weighted by molar-refractivity contribution is 7.89. The predicted molar refractivity (Wildman–Crippen MR) is 151 cm³/mol. The molecule has 1 saturated heterocycles. The van der Waals surface area contributed by atoms with Crippen LogP contribution in [0.15, 0.2) is 63.9 Å². The molecule has 0 saturated carbocycles. The topological polar surface area (TPSA) is 98.5 Å². The molecule has 1 aliphatic heterocycles. The van der Waals surface area contributed by atoms with Gasteiger partial charge in [0.05, 0.1) is 38.3 Å². The highest BCUT2D eigenvalue weighted by atomic mass is 35.5. The van der Waals surface area contributed by atoms with E-state index >= 15 is 0 Å². The molecule has 11 heteroatoms. The lowest BCUT2D eigenvalue weighted by Crippen LogP contribution is -2.45. The number of nitrogens with zero attached hydrogens (tertiary/aromatic N) is 2. The average molecular weight is 591 g/mol. The number of rotatable bonds is 13. The first-order valence-electron chi connectivity index (χ1n) is 13.1. The van der Waals surface area contributed by atoms with Gasteiger partial charge in [-0.05, 0) is 80.3 Å². The summed E-state index contributed by atoms with van der Waals surface area (Å²) in [6, 6.07) is 15.2. The van der Waals surface area contributed by atoms with E-state index < -0.39 is 10.0 Å². The Morgan fingerprint density at radius 3 is 2.42 bits per heavy atom. The van der Waals surface area contributed by atoms with Gasteiger partial charge in [0.25, 0.3) is 0 Å². The summed E-state index contributed by atoms with van der Waals surface area (Å²) in [6.45, 7) is 2.69. The monoisotopic (exact) mass is 590 g/mol. The normalized spacial score (nSPS) is 15.4. The zero-order valence-corrected chi connectivity index (χ0v) is 24.5. The third kappa shape index (κ3) is 7.57. The van der Waals surface area contributed by atoms with E-state index in [0.717, 1.165) is 24.2 Å². The van der Waals surface area contributed by atoms with Crippen molar-refractivity contribution in [2.24, 2.45) is 0 Å². The summed E-state index contributed by atoms with van der Waals surface area (Å²) in [6.07, 6.45) is 1.82. The molecule has 1 atom stereocenters. The van der Waals surface area contributed by atoms with Crippen LogP contribution in [0.3, 0.4) is 0 Å². The van der Waals surface area contributed by atoms with Gasteiger partial charge in [0, 0.05) is 24.7 Å². The van der Waals surface area contributed by atoms with Crippen molar-refractivity contribution in [2.75, 3.05) is 40.5 Å². The quantitative estimate of drug-likeness (QED) is 0.284. The Kier molecular flexibility index (Phi) is 10.1. The van der Waals surface area contributed by atoms with Crippen molar-refractivity contribution in [2.45, 2.75) is 43.7 Å². The predicted octanol–water partition coefficient (Wildman–Crippen LogP) is 4.70. The molecule has 0 spiro atoms. The van der Waals surface area contributed by atoms with Crippen molar-refractivity contribution in [1.82, 2.24) is 9.21 Å². The minimum atomic E-state index is -3.99. The molecule has 1 aliphatic rings. The smallest absolute Gasteiger partial charge is 0.243 e. The van der Waals surface area contributed by atoms with E-state index in [1.165, 1.54) is 28.6 Å². The fourth-order valence-electron chi connectivity index (χ4n) is 4.62. The summed E-state index contributed by atoms with van der Waals surface area (Å²) >= 11 is 5.99. The highest BCUT2D eigenvalue weighted by Crippen LogP contribution is 2.28. The molecule has 0 aliphatic carbocycles. The summed E-state index contributed by atoms with van der Waals surface area (Å²) in [5, 5.41) is 0.427. The molecule has 1 aromatic heterocycles. The fraction of sp³-hybridized carbons (Fsp3) is 0.414. The minimum Gasteiger partial charge on any atom is -0.493 e. The van der Waals surface area contributed by atoms with Gasteiger partial charge >= 0.3 is 0 Å². The molecule has 4 rings (SSSR count). The van der Waals surface area contributed by atoms with Crippen molar-refractivity contribution in [3.8, 4) is 11.5 Å². The van der Waals surface area contributed by atoms with Gasteiger partial charge in [-0.25, -0.2) is 8.42 Å². The van der Waals surface area contributed by atoms with E-state index in [0.29, 0.717) is 41.9 Å². The number of hydrogen-bond acceptors (Lipinski definition) is 7. The SMILES string of the molecule is COc1ccc(CCN(Cc2ccc(C)o2)C(=O)CN(CC2CCCO2)S(=O)(=O)c2ccc(Cl)cc2)cc1OC. The molecule has 2 heterocycles. The first kappa shape index (κ1) is 29.9. The lowest BCUT2D eigenvalue weighted by Gasteiger charge is -2.28. The number of aryl methyl sites for hydroxylation is 1. The molecule has 1 amide bonds. The van der Waals surface area contributed by atoms with Crippen LogP contribution in [-0.4, -0.2) is 70.1 Å². The van der Waals surface area contributed by atoms with Crippen LogP contribution in [0.1, 0.15) is 29.9 Å². The number of furan rings is 1. The average Bonchev–Trinajstić information content (AvgIpc) is 3.62. The van der Waals surface area contributed by atoms with Crippen molar-refractivity contribution in [3.63, 3.8) is 0 Å². The summed E-state index contributed by atoms with van der Waals surface area (Å²) in [5.41, 5.74) is 0.941. The van der Waals surface area contributed by atoms with Crippen LogP contribution in [0.4, 0.5) is 0 Å². The largest absolute Gasteiger partial charge is 0.493 e. The molecule has 2 aromatic carbocycles. The lowest BCUT2D eigenvalue weighted by atomic mass is 10.1. The third-order valence-corrected chi connectivity index (χ3v) is 8.89. The molecule has 3 aromatic rings. The number of ether oxygens (including phenoxy) is 3. The molecule has 1 fully saturated rings. The molecule has 0 N–H and O–H groups in total. The number of halogens is 1. The minimum absolute atomic E-state index is 0.0706. The Labute approximate surface area is 240 Å². The Bertz CT molecular complexity index is 1390. The van der Waals surface area contributed by atoms with Gasteiger partial charge in [0.2, 0.25) is 15.9 Å². The van der Waals surface area contributed by atoms with E-state index in [1.54, 1.807) is 19.1 Å². The number of carbonyl (C=O) groups excluding carboxylic acids is 1. The maximum Gasteiger partial charge on any atom is 0.243 e. The molecule has 9 nitrogen and oxygen atoms in total. The van der Waals surface area contributed by atoms with E-state index in [-0.39, 0.29) is 36.5 Å². The van der Waals surface area contributed by atoms with E-state index in [1.807, 2.05) is 37.3 Å². The number of amides is 1. The molecule has 216 valence electrons. The zero-order chi connectivity index (χ0) is 28.7. The molecule has 0 bridgehead atoms. The summed E-state index contributed by atoms with van der Waals surface area (Å²) in [7, 11) is -0.850. The molecule has 0 radical (unpaired) electrons. The van der Waals surface area contributed by atoms with Gasteiger partial charge in [-0.15, -0.1) is 0 Å². The first-order valence-corrected chi connectivity index (χ1v) is 14.9. The third-order valence-electron chi connectivity index (χ3n) is 6.81. The van der Waals surface area contributed by atoms with Gasteiger partial charge in [0.1, 0.15) is 11.5 Å². The van der Waals surface area contributed by atoms with Crippen LogP contribution in [0.5, 0.6) is 11.5 Å². The van der Waals surface area contributed by atoms with Crippen LogP contribution < -0.4 is 9.47 Å². The standard InChI is InChI=1S/C29H35ClN2O7S/c1-21-6-10-25(39-21)18-31(15-14-22-7-13-27(36-2)28(17-22)37-3)29(33)20-32(19-24-5-4-16-38-24)40(34,35)26-11-8-23(30)9-12-26/h6-13,17,24H,4-5,14-16,18-20H2,1-3H3. The summed E-state index contributed by atoms with van der Waals surface area (Å²) in [4.78, 5) is 15.5. The molecular formula is C29H35ClN2O7S. The van der Waals surface area contributed by atoms with Gasteiger partial charge in [0.15, 0.2) is 11.5 Å². The Morgan fingerprint density at radius 2 is 1.80 bits per heavy atom. The number of carbonyl (C=O) groups is 1. The van der Waals surface area contributed by atoms with Gasteiger partial charge in [-0.2, -0.15) is 4.31 Å². The molecule has 1 unspecified atom stereocenters. The highest BCUT2D eigenvalue weighted by Gasteiger charge is 2.32. The van der Waals surface area contributed by atoms with Crippen LogP contribution in [0.2, 0.25) is 5.02 Å². The molecule has 40 heavy (non-hydrogen) atoms. The van der Waals surface area contributed by atoms with E-state index in [2.05, 4.69) is 0 Å². The van der Waals surface area contributed by atoms with Crippen molar-refractivity contribution in [1.29, 1.82) is 0 Å². The van der Waals surface area contributed by atoms with E-state index in [4.69, 9.17) is 30.2 Å². The Morgan fingerprint density at radius 1 is 1.05 bits per heavy atom. The summed E-state index contributed by atoms with van der Waals surface area (Å²) < 4.78 is 50.8. The van der Waals surface area contributed by atoms with Crippen LogP contribution in [0, 0.1) is 6.92 Å². The van der Waals surface area contributed by atoms with Gasteiger partial charge < -0.3 is 23.5 Å². The zero-order valence-electron chi connectivity index (χ0n) is 23.0. The van der Waals surface area contributed by atoms with E-state index in [9.17, 15) is 13.2 Å². The number of sulfonamides is 1. The maximum atomic E-state index is 13.8. The Balaban J connectivity index is 1.57. The van der Waals surface area contributed by atoms with Gasteiger partial charge in [-0.1, -0.05) is 17.7 Å². The van der Waals surface area contributed by atoms with Crippen molar-refractivity contribution >= 4 is 27.5 Å². The number of benzene rings is 2. The molecular weight excluding hydrogens is 556 g/mol. The Hall–Kier alpha value is -3.05. The second kappa shape index (κ2) is 13.5. The van der Waals surface area contributed by atoms with Crippen LogP contribution >= 0.6 is 11.6 Å². The second-order valence-corrected chi connectivity index (χ2v) is 12.0. The number of methoxy groups -OCH3 is 2. The van der Waals surface area contributed by atoms with Crippen molar-refractivity contribution in [3.05, 3.63) is 76.7 Å². The lowest BCUT2D eigenvalue weighted by molar-refractivity contribution is -0.132. The second-order valence-electron chi connectivity index (χ2n) is 9.65.